The summed E-state index contributed by atoms with van der Waals surface area (Å²) in [6, 6.07) is 17.1. The third-order valence-electron chi connectivity index (χ3n) is 6.16. The molecule has 4 rings (SSSR count). The van der Waals surface area contributed by atoms with E-state index in [1.165, 1.54) is 11.3 Å². The minimum absolute atomic E-state index is 0.317. The molecule has 188 valence electrons. The molecule has 0 saturated carbocycles. The standard InChI is InChI=1S/C29H31NO4S2/c1-17-14-18(2)20(4)27(19(17)3)36(32,33)30-24-16-22(15-21-10-8-9-11-23(21)24)25-12-13-26(35-25)28(31)34-29(5,6)7/h8-16,30H,1-7H3. The molecule has 1 heterocycles. The highest BCUT2D eigenvalue weighted by Gasteiger charge is 2.24. The molecule has 36 heavy (non-hydrogen) atoms. The number of esters is 1. The molecule has 0 bridgehead atoms. The largest absolute Gasteiger partial charge is 0.456 e. The maximum Gasteiger partial charge on any atom is 0.348 e. The van der Waals surface area contributed by atoms with Crippen LogP contribution in [0.4, 0.5) is 5.69 Å². The normalized spacial score (nSPS) is 12.1. The van der Waals surface area contributed by atoms with E-state index in [0.717, 1.165) is 43.5 Å². The number of carbonyl (C=O) groups excluding carboxylic acids is 1. The number of carbonyl (C=O) groups is 1. The van der Waals surface area contributed by atoms with Crippen molar-refractivity contribution in [1.82, 2.24) is 0 Å². The molecule has 0 radical (unpaired) electrons. The number of ether oxygens (including phenoxy) is 1. The summed E-state index contributed by atoms with van der Waals surface area (Å²) in [6.07, 6.45) is 0. The second-order valence-corrected chi connectivity index (χ2v) is 12.8. The van der Waals surface area contributed by atoms with E-state index in [4.69, 9.17) is 4.74 Å². The van der Waals surface area contributed by atoms with Crippen LogP contribution in [0, 0.1) is 27.7 Å². The molecule has 5 nitrogen and oxygen atoms in total. The van der Waals surface area contributed by atoms with Gasteiger partial charge in [0, 0.05) is 10.3 Å². The first-order valence-electron chi connectivity index (χ1n) is 11.7. The minimum Gasteiger partial charge on any atom is -0.456 e. The second kappa shape index (κ2) is 9.37. The molecule has 0 fully saturated rings. The van der Waals surface area contributed by atoms with Crippen molar-refractivity contribution in [1.29, 1.82) is 0 Å². The van der Waals surface area contributed by atoms with E-state index in [1.54, 1.807) is 6.07 Å². The van der Waals surface area contributed by atoms with Crippen molar-refractivity contribution >= 4 is 43.8 Å². The molecule has 0 amide bonds. The third kappa shape index (κ3) is 5.18. The van der Waals surface area contributed by atoms with Gasteiger partial charge in [-0.3, -0.25) is 4.72 Å². The minimum atomic E-state index is -3.86. The molecule has 1 aromatic heterocycles. The van der Waals surface area contributed by atoms with Gasteiger partial charge in [-0.2, -0.15) is 0 Å². The van der Waals surface area contributed by atoms with Gasteiger partial charge in [-0.25, -0.2) is 13.2 Å². The van der Waals surface area contributed by atoms with Gasteiger partial charge >= 0.3 is 5.97 Å². The molecular formula is C29H31NO4S2. The Balaban J connectivity index is 1.80. The van der Waals surface area contributed by atoms with E-state index in [0.29, 0.717) is 15.5 Å². The fourth-order valence-electron chi connectivity index (χ4n) is 4.25. The number of nitrogens with one attached hydrogen (secondary N) is 1. The molecule has 0 atom stereocenters. The number of fused-ring (bicyclic) bond motifs is 1. The predicted molar refractivity (Wildman–Crippen MR) is 149 cm³/mol. The van der Waals surface area contributed by atoms with Crippen molar-refractivity contribution in [2.24, 2.45) is 0 Å². The van der Waals surface area contributed by atoms with E-state index in [9.17, 15) is 13.2 Å². The Morgan fingerprint density at radius 2 is 1.53 bits per heavy atom. The van der Waals surface area contributed by atoms with Crippen LogP contribution in [0.3, 0.4) is 0 Å². The molecule has 0 spiro atoms. The highest BCUT2D eigenvalue weighted by Crippen LogP contribution is 2.37. The lowest BCUT2D eigenvalue weighted by Gasteiger charge is -2.18. The summed E-state index contributed by atoms with van der Waals surface area (Å²) in [5.41, 5.74) is 4.08. The molecule has 3 aromatic carbocycles. The molecule has 1 N–H and O–H groups in total. The van der Waals surface area contributed by atoms with Crippen LogP contribution < -0.4 is 4.72 Å². The summed E-state index contributed by atoms with van der Waals surface area (Å²) in [7, 11) is -3.86. The van der Waals surface area contributed by atoms with Crippen LogP contribution in [0.5, 0.6) is 0 Å². The first kappa shape index (κ1) is 25.9. The highest BCUT2D eigenvalue weighted by molar-refractivity contribution is 7.92. The molecule has 4 aromatic rings. The number of anilines is 1. The topological polar surface area (TPSA) is 72.5 Å². The lowest BCUT2D eigenvalue weighted by Crippen LogP contribution is -2.23. The van der Waals surface area contributed by atoms with Gasteiger partial charge in [0.1, 0.15) is 10.5 Å². The van der Waals surface area contributed by atoms with Gasteiger partial charge in [0.25, 0.3) is 10.0 Å². The van der Waals surface area contributed by atoms with Gasteiger partial charge in [0.15, 0.2) is 0 Å². The molecule has 0 aliphatic heterocycles. The molecule has 0 aliphatic carbocycles. The highest BCUT2D eigenvalue weighted by atomic mass is 32.2. The van der Waals surface area contributed by atoms with E-state index >= 15 is 0 Å². The first-order chi connectivity index (χ1) is 16.8. The van der Waals surface area contributed by atoms with Crippen molar-refractivity contribution < 1.29 is 17.9 Å². The van der Waals surface area contributed by atoms with E-state index < -0.39 is 15.6 Å². The Kier molecular flexibility index (Phi) is 6.75. The maximum absolute atomic E-state index is 13.7. The van der Waals surface area contributed by atoms with Gasteiger partial charge in [-0.1, -0.05) is 30.3 Å². The fraction of sp³-hybridized carbons (Fsp3) is 0.276. The molecule has 0 saturated heterocycles. The SMILES string of the molecule is Cc1cc(C)c(C)c(S(=O)(=O)Nc2cc(-c3ccc(C(=O)OC(C)(C)C)s3)cc3ccccc23)c1C. The zero-order valence-electron chi connectivity index (χ0n) is 21.6. The second-order valence-electron chi connectivity index (χ2n) is 10.1. The summed E-state index contributed by atoms with van der Waals surface area (Å²) >= 11 is 1.32. The van der Waals surface area contributed by atoms with Gasteiger partial charge in [-0.15, -0.1) is 11.3 Å². The van der Waals surface area contributed by atoms with E-state index in [2.05, 4.69) is 4.72 Å². The van der Waals surface area contributed by atoms with Gasteiger partial charge in [-0.05, 0) is 106 Å². The summed E-state index contributed by atoms with van der Waals surface area (Å²) in [4.78, 5) is 14.2. The molecule has 0 unspecified atom stereocenters. The van der Waals surface area contributed by atoms with Crippen molar-refractivity contribution in [2.75, 3.05) is 4.72 Å². The average molecular weight is 522 g/mol. The van der Waals surface area contributed by atoms with Gasteiger partial charge in [0.2, 0.25) is 0 Å². The Morgan fingerprint density at radius 1 is 0.889 bits per heavy atom. The number of sulfonamides is 1. The van der Waals surface area contributed by atoms with Crippen LogP contribution in [0.2, 0.25) is 0 Å². The monoisotopic (exact) mass is 521 g/mol. The zero-order chi connectivity index (χ0) is 26.4. The predicted octanol–water partition coefficient (Wildman–Crippen LogP) is 7.56. The average Bonchev–Trinajstić information content (AvgIpc) is 3.27. The smallest absolute Gasteiger partial charge is 0.348 e. The van der Waals surface area contributed by atoms with Crippen molar-refractivity contribution in [3.63, 3.8) is 0 Å². The van der Waals surface area contributed by atoms with Gasteiger partial charge in [0.05, 0.1) is 10.6 Å². The lowest BCUT2D eigenvalue weighted by molar-refractivity contribution is 0.00752. The Bertz CT molecular complexity index is 1570. The summed E-state index contributed by atoms with van der Waals surface area (Å²) in [6.45, 7) is 13.0. The lowest BCUT2D eigenvalue weighted by atomic mass is 10.0. The van der Waals surface area contributed by atoms with E-state index in [-0.39, 0.29) is 5.97 Å². The molecular weight excluding hydrogens is 490 g/mol. The van der Waals surface area contributed by atoms with Crippen LogP contribution in [-0.2, 0) is 14.8 Å². The zero-order valence-corrected chi connectivity index (χ0v) is 23.3. The first-order valence-corrected chi connectivity index (χ1v) is 14.0. The Hall–Kier alpha value is -3.16. The molecule has 0 aliphatic rings. The van der Waals surface area contributed by atoms with Crippen LogP contribution in [-0.4, -0.2) is 20.0 Å². The number of hydrogen-bond donors (Lipinski definition) is 1. The Morgan fingerprint density at radius 3 is 2.17 bits per heavy atom. The van der Waals surface area contributed by atoms with Crippen LogP contribution in [0.15, 0.2) is 59.5 Å². The van der Waals surface area contributed by atoms with Crippen molar-refractivity contribution in [3.8, 4) is 10.4 Å². The van der Waals surface area contributed by atoms with Gasteiger partial charge < -0.3 is 4.74 Å². The molecule has 7 heteroatoms. The Labute approximate surface area is 217 Å². The number of thiophene rings is 1. The maximum atomic E-state index is 13.7. The van der Waals surface area contributed by atoms with Crippen molar-refractivity contribution in [3.05, 3.63) is 81.7 Å². The van der Waals surface area contributed by atoms with Crippen LogP contribution in [0.1, 0.15) is 52.7 Å². The summed E-state index contributed by atoms with van der Waals surface area (Å²) < 4.78 is 35.8. The summed E-state index contributed by atoms with van der Waals surface area (Å²) in [5.74, 6) is -0.374. The summed E-state index contributed by atoms with van der Waals surface area (Å²) in [5, 5.41) is 1.70. The van der Waals surface area contributed by atoms with Crippen molar-refractivity contribution in [2.45, 2.75) is 59.0 Å². The quantitative estimate of drug-likeness (QED) is 0.275. The van der Waals surface area contributed by atoms with Crippen LogP contribution >= 0.6 is 11.3 Å². The number of rotatable bonds is 5. The number of hydrogen-bond acceptors (Lipinski definition) is 5. The van der Waals surface area contributed by atoms with E-state index in [1.807, 2.05) is 97.0 Å². The van der Waals surface area contributed by atoms with Crippen LogP contribution in [0.25, 0.3) is 21.2 Å². The third-order valence-corrected chi connectivity index (χ3v) is 8.92. The number of aryl methyl sites for hydroxylation is 2. The fourth-order valence-corrected chi connectivity index (χ4v) is 6.81. The number of benzene rings is 3.